The lowest BCUT2D eigenvalue weighted by Crippen LogP contribution is -2.13. The Morgan fingerprint density at radius 1 is 1.21 bits per heavy atom. The summed E-state index contributed by atoms with van der Waals surface area (Å²) >= 11 is 7.43. The second kappa shape index (κ2) is 9.21. The quantitative estimate of drug-likeness (QED) is 0.339. The van der Waals surface area contributed by atoms with Crippen molar-refractivity contribution in [2.24, 2.45) is 0 Å². The Morgan fingerprint density at radius 2 is 1.96 bits per heavy atom. The smallest absolute Gasteiger partial charge is 0.191 e. The van der Waals surface area contributed by atoms with Crippen molar-refractivity contribution in [1.82, 2.24) is 14.8 Å². The molecule has 0 aliphatic heterocycles. The van der Waals surface area contributed by atoms with Gasteiger partial charge in [0.25, 0.3) is 0 Å². The van der Waals surface area contributed by atoms with Gasteiger partial charge in [0.2, 0.25) is 0 Å². The van der Waals surface area contributed by atoms with Crippen LogP contribution in [0.15, 0.2) is 60.3 Å². The molecule has 0 saturated carbocycles. The number of halogens is 3. The second-order valence-electron chi connectivity index (χ2n) is 5.99. The minimum absolute atomic E-state index is 0.0441. The lowest BCUT2D eigenvalue weighted by Gasteiger charge is -2.16. The van der Waals surface area contributed by atoms with Gasteiger partial charge in [0, 0.05) is 23.4 Å². The minimum Gasteiger partial charge on any atom is -0.480 e. The molecule has 3 aromatic rings. The second-order valence-corrected chi connectivity index (χ2v) is 7.37. The van der Waals surface area contributed by atoms with Gasteiger partial charge in [0.05, 0.1) is 0 Å². The van der Waals surface area contributed by atoms with Gasteiger partial charge in [-0.2, -0.15) is 0 Å². The number of benzene rings is 2. The zero-order valence-corrected chi connectivity index (χ0v) is 16.7. The Balaban J connectivity index is 1.77. The van der Waals surface area contributed by atoms with E-state index < -0.39 is 17.7 Å². The lowest BCUT2D eigenvalue weighted by molar-refractivity contribution is 0.200. The molecule has 2 aromatic carbocycles. The summed E-state index contributed by atoms with van der Waals surface area (Å²) < 4.78 is 34.5. The maximum Gasteiger partial charge on any atom is 0.191 e. The van der Waals surface area contributed by atoms with Crippen LogP contribution in [0.2, 0.25) is 5.02 Å². The molecule has 146 valence electrons. The van der Waals surface area contributed by atoms with Gasteiger partial charge < -0.3 is 4.74 Å². The van der Waals surface area contributed by atoms with E-state index in [-0.39, 0.29) is 5.75 Å². The number of allylic oxidation sites excluding steroid dienone is 1. The number of thioether (sulfide) groups is 1. The fourth-order valence-corrected chi connectivity index (χ4v) is 3.59. The van der Waals surface area contributed by atoms with E-state index in [2.05, 4.69) is 16.8 Å². The van der Waals surface area contributed by atoms with E-state index in [9.17, 15) is 8.78 Å². The van der Waals surface area contributed by atoms with Crippen molar-refractivity contribution in [3.8, 4) is 5.75 Å². The van der Waals surface area contributed by atoms with Crippen molar-refractivity contribution < 1.29 is 13.5 Å². The number of hydrogen-bond acceptors (Lipinski definition) is 4. The van der Waals surface area contributed by atoms with Crippen LogP contribution >= 0.6 is 23.4 Å². The standard InChI is InChI=1S/C20H18ClF2N3OS/c1-3-10-26-19(13(2)27-18-9-8-16(22)11-17(18)23)24-25-20(26)28-12-14-4-6-15(21)7-5-14/h3-9,11,13H,1,10,12H2,2H3. The molecule has 1 atom stereocenters. The zero-order valence-electron chi connectivity index (χ0n) is 15.1. The number of hydrogen-bond donors (Lipinski definition) is 0. The van der Waals surface area contributed by atoms with Crippen molar-refractivity contribution in [3.63, 3.8) is 0 Å². The maximum atomic E-state index is 13.9. The molecule has 0 aliphatic rings. The monoisotopic (exact) mass is 421 g/mol. The minimum atomic E-state index is -0.765. The summed E-state index contributed by atoms with van der Waals surface area (Å²) in [6, 6.07) is 10.8. The van der Waals surface area contributed by atoms with E-state index in [1.807, 2.05) is 28.8 Å². The molecule has 4 nitrogen and oxygen atoms in total. The molecule has 3 rings (SSSR count). The summed E-state index contributed by atoms with van der Waals surface area (Å²) in [4.78, 5) is 0. The highest BCUT2D eigenvalue weighted by Gasteiger charge is 2.20. The first-order valence-corrected chi connectivity index (χ1v) is 9.87. The highest BCUT2D eigenvalue weighted by atomic mass is 35.5. The molecule has 0 amide bonds. The van der Waals surface area contributed by atoms with Crippen molar-refractivity contribution in [3.05, 3.63) is 83.2 Å². The first kappa shape index (κ1) is 20.4. The largest absolute Gasteiger partial charge is 0.480 e. The van der Waals surface area contributed by atoms with Crippen LogP contribution in [0.25, 0.3) is 0 Å². The highest BCUT2D eigenvalue weighted by molar-refractivity contribution is 7.98. The molecule has 1 unspecified atom stereocenters. The normalized spacial score (nSPS) is 12.0. The van der Waals surface area contributed by atoms with Crippen LogP contribution in [0.3, 0.4) is 0 Å². The van der Waals surface area contributed by atoms with Gasteiger partial charge in [-0.15, -0.1) is 16.8 Å². The predicted molar refractivity (Wildman–Crippen MR) is 107 cm³/mol. The van der Waals surface area contributed by atoms with Crippen LogP contribution in [-0.4, -0.2) is 14.8 Å². The topological polar surface area (TPSA) is 39.9 Å². The summed E-state index contributed by atoms with van der Waals surface area (Å²) in [5.41, 5.74) is 1.10. The molecule has 8 heteroatoms. The van der Waals surface area contributed by atoms with Crippen LogP contribution in [0.1, 0.15) is 24.4 Å². The number of aromatic nitrogens is 3. The van der Waals surface area contributed by atoms with Crippen LogP contribution in [0, 0.1) is 11.6 Å². The molecule has 28 heavy (non-hydrogen) atoms. The Kier molecular flexibility index (Phi) is 6.70. The first-order valence-electron chi connectivity index (χ1n) is 8.51. The summed E-state index contributed by atoms with van der Waals surface area (Å²) in [5, 5.41) is 9.82. The van der Waals surface area contributed by atoms with Gasteiger partial charge >= 0.3 is 0 Å². The van der Waals surface area contributed by atoms with Gasteiger partial charge in [0.1, 0.15) is 5.82 Å². The average molecular weight is 422 g/mol. The van der Waals surface area contributed by atoms with E-state index in [0.717, 1.165) is 17.7 Å². The molecule has 0 spiro atoms. The molecular weight excluding hydrogens is 404 g/mol. The van der Waals surface area contributed by atoms with Crippen LogP contribution < -0.4 is 4.74 Å². The average Bonchev–Trinajstić information content (AvgIpc) is 3.07. The van der Waals surface area contributed by atoms with Crippen LogP contribution in [0.5, 0.6) is 5.75 Å². The van der Waals surface area contributed by atoms with E-state index in [1.165, 1.54) is 17.8 Å². The Morgan fingerprint density at radius 3 is 2.64 bits per heavy atom. The fourth-order valence-electron chi connectivity index (χ4n) is 2.55. The number of rotatable bonds is 8. The molecule has 1 heterocycles. The highest BCUT2D eigenvalue weighted by Crippen LogP contribution is 2.28. The molecule has 0 saturated heterocycles. The van der Waals surface area contributed by atoms with E-state index >= 15 is 0 Å². The van der Waals surface area contributed by atoms with E-state index in [1.54, 1.807) is 13.0 Å². The predicted octanol–water partition coefficient (Wildman–Crippen LogP) is 5.83. The van der Waals surface area contributed by atoms with Gasteiger partial charge in [-0.3, -0.25) is 4.57 Å². The van der Waals surface area contributed by atoms with Crippen LogP contribution in [0.4, 0.5) is 8.78 Å². The summed E-state index contributed by atoms with van der Waals surface area (Å²) in [5.74, 6) is -0.249. The molecular formula is C20H18ClF2N3OS. The van der Waals surface area contributed by atoms with Gasteiger partial charge in [-0.05, 0) is 36.8 Å². The van der Waals surface area contributed by atoms with Gasteiger partial charge in [-0.25, -0.2) is 8.78 Å². The van der Waals surface area contributed by atoms with Crippen molar-refractivity contribution in [2.45, 2.75) is 30.5 Å². The van der Waals surface area contributed by atoms with E-state index in [0.29, 0.717) is 28.3 Å². The lowest BCUT2D eigenvalue weighted by atomic mass is 10.2. The first-order chi connectivity index (χ1) is 13.5. The van der Waals surface area contributed by atoms with Crippen molar-refractivity contribution in [1.29, 1.82) is 0 Å². The molecule has 0 fully saturated rings. The summed E-state index contributed by atoms with van der Waals surface area (Å²) in [7, 11) is 0. The Bertz CT molecular complexity index is 963. The molecule has 0 aliphatic carbocycles. The SMILES string of the molecule is C=CCn1c(SCc2ccc(Cl)cc2)nnc1C(C)Oc1ccc(F)cc1F. The van der Waals surface area contributed by atoms with E-state index in [4.69, 9.17) is 16.3 Å². The third kappa shape index (κ3) is 4.91. The Hall–Kier alpha value is -2.38. The fraction of sp³-hybridized carbons (Fsp3) is 0.200. The molecule has 0 bridgehead atoms. The molecule has 0 radical (unpaired) electrons. The van der Waals surface area contributed by atoms with Crippen LogP contribution in [-0.2, 0) is 12.3 Å². The zero-order chi connectivity index (χ0) is 20.1. The Labute approximate surface area is 171 Å². The number of ether oxygens (including phenoxy) is 1. The maximum absolute atomic E-state index is 13.9. The summed E-state index contributed by atoms with van der Waals surface area (Å²) in [6.07, 6.45) is 1.14. The van der Waals surface area contributed by atoms with Crippen molar-refractivity contribution >= 4 is 23.4 Å². The molecule has 1 aromatic heterocycles. The third-order valence-electron chi connectivity index (χ3n) is 3.90. The van der Waals surface area contributed by atoms with Crippen molar-refractivity contribution in [2.75, 3.05) is 0 Å². The third-order valence-corrected chi connectivity index (χ3v) is 5.19. The summed E-state index contributed by atoms with van der Waals surface area (Å²) in [6.45, 7) is 5.98. The van der Waals surface area contributed by atoms with Gasteiger partial charge in [-0.1, -0.05) is 41.6 Å². The van der Waals surface area contributed by atoms with Gasteiger partial charge in [0.15, 0.2) is 28.7 Å². The molecule has 0 N–H and O–H groups in total. The number of nitrogens with zero attached hydrogens (tertiary/aromatic N) is 3.